The summed E-state index contributed by atoms with van der Waals surface area (Å²) in [5, 5.41) is 7.78. The molecule has 22 heavy (non-hydrogen) atoms. The van der Waals surface area contributed by atoms with Gasteiger partial charge in [-0.15, -0.1) is 0 Å². The van der Waals surface area contributed by atoms with E-state index in [1.54, 1.807) is 23.6 Å². The van der Waals surface area contributed by atoms with Gasteiger partial charge in [-0.05, 0) is 13.8 Å². The molecule has 0 bridgehead atoms. The summed E-state index contributed by atoms with van der Waals surface area (Å²) in [5.41, 5.74) is 4.13. The molecule has 7 heteroatoms. The summed E-state index contributed by atoms with van der Waals surface area (Å²) in [6.45, 7) is 12.8. The number of allylic oxidation sites excluding steroid dienone is 1. The Bertz CT molecular complexity index is 601. The van der Waals surface area contributed by atoms with E-state index in [4.69, 9.17) is 0 Å². The van der Waals surface area contributed by atoms with Crippen LogP contribution in [0.2, 0.25) is 0 Å². The lowest BCUT2D eigenvalue weighted by molar-refractivity contribution is -0.118. The Morgan fingerprint density at radius 2 is 2.23 bits per heavy atom. The second kappa shape index (κ2) is 7.53. The van der Waals surface area contributed by atoms with E-state index in [0.29, 0.717) is 18.0 Å². The lowest BCUT2D eigenvalue weighted by Gasteiger charge is -2.19. The number of anilines is 1. The maximum Gasteiger partial charge on any atom is 0.228 e. The van der Waals surface area contributed by atoms with Crippen molar-refractivity contribution in [3.05, 3.63) is 24.0 Å². The summed E-state index contributed by atoms with van der Waals surface area (Å²) < 4.78 is 1.69. The molecule has 120 valence electrons. The first-order chi connectivity index (χ1) is 10.3. The Morgan fingerprint density at radius 3 is 2.73 bits per heavy atom. The fourth-order valence-electron chi connectivity index (χ4n) is 2.02. The number of aliphatic imine (C=N–C) groups is 1. The molecule has 1 amide bonds. The van der Waals surface area contributed by atoms with Crippen LogP contribution >= 0.6 is 0 Å². The number of amidine groups is 1. The number of rotatable bonds is 6. The molecule has 7 nitrogen and oxygen atoms in total. The Kier molecular flexibility index (Phi) is 6.03. The van der Waals surface area contributed by atoms with Gasteiger partial charge in [0.2, 0.25) is 5.91 Å². The van der Waals surface area contributed by atoms with Crippen molar-refractivity contribution in [3.63, 3.8) is 0 Å². The molecule has 1 unspecified atom stereocenters. The van der Waals surface area contributed by atoms with Gasteiger partial charge in [0.1, 0.15) is 11.7 Å². The van der Waals surface area contributed by atoms with Crippen LogP contribution in [0.5, 0.6) is 0 Å². The molecule has 0 saturated carbocycles. The first-order valence-corrected chi connectivity index (χ1v) is 6.99. The quantitative estimate of drug-likeness (QED) is 0.495. The number of hydrogen-bond donors (Lipinski definition) is 1. The molecule has 1 rings (SSSR count). The van der Waals surface area contributed by atoms with Crippen molar-refractivity contribution >= 4 is 24.3 Å². The molecular formula is C15H24N6O. The van der Waals surface area contributed by atoms with Crippen LogP contribution in [-0.4, -0.2) is 35.3 Å². The van der Waals surface area contributed by atoms with Crippen LogP contribution < -0.4 is 10.3 Å². The van der Waals surface area contributed by atoms with Gasteiger partial charge in [0.15, 0.2) is 0 Å². The highest BCUT2D eigenvalue weighted by atomic mass is 16.2. The summed E-state index contributed by atoms with van der Waals surface area (Å²) >= 11 is 0. The third-order valence-corrected chi connectivity index (χ3v) is 3.30. The zero-order chi connectivity index (χ0) is 16.9. The number of nitrogens with zero attached hydrogens (tertiary/aromatic N) is 5. The van der Waals surface area contributed by atoms with Crippen molar-refractivity contribution in [1.29, 1.82) is 0 Å². The number of amides is 1. The molecule has 1 aromatic rings. The average Bonchev–Trinajstić information content (AvgIpc) is 2.76. The number of hydrogen-bond acceptors (Lipinski definition) is 4. The van der Waals surface area contributed by atoms with Gasteiger partial charge < -0.3 is 4.90 Å². The Hall–Kier alpha value is -2.44. The van der Waals surface area contributed by atoms with Gasteiger partial charge >= 0.3 is 0 Å². The highest BCUT2D eigenvalue weighted by Crippen LogP contribution is 2.19. The number of carbonyl (C=O) groups is 1. The van der Waals surface area contributed by atoms with Crippen LogP contribution in [0.1, 0.15) is 26.0 Å². The molecule has 0 aliphatic carbocycles. The normalized spacial score (nSPS) is 12.7. The van der Waals surface area contributed by atoms with Crippen LogP contribution in [0.25, 0.3) is 0 Å². The van der Waals surface area contributed by atoms with Gasteiger partial charge in [-0.2, -0.15) is 10.2 Å². The monoisotopic (exact) mass is 304 g/mol. The Labute approximate surface area is 131 Å². The van der Waals surface area contributed by atoms with Crippen LogP contribution in [0.3, 0.4) is 0 Å². The molecule has 1 aromatic heterocycles. The molecule has 0 aromatic carbocycles. The molecule has 0 radical (unpaired) electrons. The molecule has 1 N–H and O–H groups in total. The first-order valence-electron chi connectivity index (χ1n) is 6.99. The van der Waals surface area contributed by atoms with E-state index < -0.39 is 0 Å². The summed E-state index contributed by atoms with van der Waals surface area (Å²) in [4.78, 5) is 18.2. The van der Waals surface area contributed by atoms with E-state index in [2.05, 4.69) is 33.9 Å². The predicted octanol–water partition coefficient (Wildman–Crippen LogP) is 1.85. The van der Waals surface area contributed by atoms with Gasteiger partial charge in [0.25, 0.3) is 0 Å². The van der Waals surface area contributed by atoms with E-state index >= 15 is 0 Å². The minimum Gasteiger partial charge on any atom is -0.300 e. The summed E-state index contributed by atoms with van der Waals surface area (Å²) in [6, 6.07) is 1.87. The van der Waals surface area contributed by atoms with E-state index in [1.165, 1.54) is 0 Å². The fourth-order valence-corrected chi connectivity index (χ4v) is 2.02. The number of nitrogens with one attached hydrogen (secondary N) is 1. The van der Waals surface area contributed by atoms with Gasteiger partial charge in [0, 0.05) is 44.9 Å². The van der Waals surface area contributed by atoms with Crippen molar-refractivity contribution in [3.8, 4) is 0 Å². The van der Waals surface area contributed by atoms with Gasteiger partial charge in [-0.1, -0.05) is 13.5 Å². The molecule has 0 spiro atoms. The van der Waals surface area contributed by atoms with Crippen LogP contribution in [0.4, 0.5) is 5.82 Å². The van der Waals surface area contributed by atoms with E-state index in [1.807, 2.05) is 27.0 Å². The lowest BCUT2D eigenvalue weighted by atomic mass is 10.0. The Morgan fingerprint density at radius 1 is 1.59 bits per heavy atom. The molecule has 0 fully saturated rings. The van der Waals surface area contributed by atoms with Crippen LogP contribution in [-0.2, 0) is 11.8 Å². The van der Waals surface area contributed by atoms with Crippen molar-refractivity contribution in [1.82, 2.24) is 15.2 Å². The first kappa shape index (κ1) is 17.6. The second-order valence-electron chi connectivity index (χ2n) is 5.28. The van der Waals surface area contributed by atoms with Gasteiger partial charge in [-0.25, -0.2) is 4.99 Å². The standard InChI is InChI=1S/C15H24N6O/c1-10(12(3)17-13(4)18-16-5)8-15(22)20(6)14-9-11(2)19-21(14)7/h9-10H,3,5,8H2,1-2,4,6-7H3,(H,17,18). The minimum absolute atomic E-state index is 0.0145. The molecule has 1 atom stereocenters. The average molecular weight is 304 g/mol. The van der Waals surface area contributed by atoms with E-state index in [9.17, 15) is 4.79 Å². The smallest absolute Gasteiger partial charge is 0.228 e. The molecule has 1 heterocycles. The maximum atomic E-state index is 12.4. The number of aromatic nitrogens is 2. The molecule has 0 aliphatic rings. The third kappa shape index (κ3) is 4.54. The van der Waals surface area contributed by atoms with E-state index in [0.717, 1.165) is 11.5 Å². The lowest BCUT2D eigenvalue weighted by Crippen LogP contribution is -2.29. The number of carbonyl (C=O) groups excluding carboxylic acids is 1. The van der Waals surface area contributed by atoms with E-state index in [-0.39, 0.29) is 11.8 Å². The Balaban J connectivity index is 2.71. The zero-order valence-corrected chi connectivity index (χ0v) is 13.9. The molecule has 0 saturated heterocycles. The predicted molar refractivity (Wildman–Crippen MR) is 90.1 cm³/mol. The zero-order valence-electron chi connectivity index (χ0n) is 13.9. The van der Waals surface area contributed by atoms with Gasteiger partial charge in [-0.3, -0.25) is 14.9 Å². The van der Waals surface area contributed by atoms with Crippen LogP contribution in [0, 0.1) is 12.8 Å². The van der Waals surface area contributed by atoms with Crippen molar-refractivity contribution in [2.75, 3.05) is 11.9 Å². The van der Waals surface area contributed by atoms with Crippen molar-refractivity contribution < 1.29 is 4.79 Å². The molecular weight excluding hydrogens is 280 g/mol. The second-order valence-corrected chi connectivity index (χ2v) is 5.28. The highest BCUT2D eigenvalue weighted by molar-refractivity contribution is 5.92. The largest absolute Gasteiger partial charge is 0.300 e. The SMILES string of the molecule is C=NNC(C)=NC(=C)C(C)CC(=O)N(C)c1cc(C)nn1C. The topological polar surface area (TPSA) is 74.9 Å². The van der Waals surface area contributed by atoms with Crippen LogP contribution in [0.15, 0.2) is 28.4 Å². The van der Waals surface area contributed by atoms with Crippen molar-refractivity contribution in [2.45, 2.75) is 27.2 Å². The highest BCUT2D eigenvalue weighted by Gasteiger charge is 2.19. The summed E-state index contributed by atoms with van der Waals surface area (Å²) in [7, 11) is 3.56. The number of hydrazone groups is 1. The molecule has 0 aliphatic heterocycles. The van der Waals surface area contributed by atoms with Gasteiger partial charge in [0.05, 0.1) is 5.69 Å². The third-order valence-electron chi connectivity index (χ3n) is 3.30. The minimum atomic E-state index is -0.0779. The summed E-state index contributed by atoms with van der Waals surface area (Å²) in [5.74, 6) is 1.26. The van der Waals surface area contributed by atoms with Crippen molar-refractivity contribution in [2.24, 2.45) is 23.1 Å². The summed E-state index contributed by atoms with van der Waals surface area (Å²) in [6.07, 6.45) is 0.317. The fraction of sp³-hybridized carbons (Fsp3) is 0.467. The number of aryl methyl sites for hydroxylation is 2. The maximum absolute atomic E-state index is 12.4.